The Labute approximate surface area is 112 Å². The molecule has 3 unspecified atom stereocenters. The maximum atomic E-state index is 11.7. The summed E-state index contributed by atoms with van der Waals surface area (Å²) >= 11 is 0. The van der Waals surface area contributed by atoms with E-state index < -0.39 is 0 Å². The number of hydrogen-bond acceptors (Lipinski definition) is 2. The largest absolute Gasteiger partial charge is 0.355 e. The van der Waals surface area contributed by atoms with Gasteiger partial charge in [0, 0.05) is 12.6 Å². The summed E-state index contributed by atoms with van der Waals surface area (Å²) in [4.78, 5) is 11.7. The first-order chi connectivity index (χ1) is 8.54. The molecular formula is C15H30N2O. The molecule has 0 spiro atoms. The van der Waals surface area contributed by atoms with Crippen molar-refractivity contribution >= 4 is 5.91 Å². The molecule has 0 aromatic heterocycles. The lowest BCUT2D eigenvalue weighted by atomic mass is 9.93. The van der Waals surface area contributed by atoms with Crippen molar-refractivity contribution in [1.29, 1.82) is 0 Å². The van der Waals surface area contributed by atoms with Crippen LogP contribution in [0.15, 0.2) is 0 Å². The van der Waals surface area contributed by atoms with Crippen LogP contribution < -0.4 is 10.6 Å². The first-order valence-electron chi connectivity index (χ1n) is 7.54. The Hall–Kier alpha value is -0.570. The molecule has 0 heterocycles. The zero-order valence-electron chi connectivity index (χ0n) is 12.5. The number of carbonyl (C=O) groups excluding carboxylic acids is 1. The molecule has 106 valence electrons. The van der Waals surface area contributed by atoms with Crippen molar-refractivity contribution in [3.05, 3.63) is 0 Å². The monoisotopic (exact) mass is 254 g/mol. The molecule has 0 radical (unpaired) electrons. The normalized spacial score (nSPS) is 27.7. The third-order valence-corrected chi connectivity index (χ3v) is 4.32. The van der Waals surface area contributed by atoms with E-state index in [2.05, 4.69) is 38.3 Å². The predicted molar refractivity (Wildman–Crippen MR) is 76.4 cm³/mol. The molecule has 3 atom stereocenters. The van der Waals surface area contributed by atoms with Gasteiger partial charge in [0.15, 0.2) is 0 Å². The number of hydrogen-bond donors (Lipinski definition) is 2. The highest BCUT2D eigenvalue weighted by atomic mass is 16.1. The van der Waals surface area contributed by atoms with Crippen LogP contribution in [0.4, 0.5) is 0 Å². The quantitative estimate of drug-likeness (QED) is 0.733. The van der Waals surface area contributed by atoms with Gasteiger partial charge in [0.25, 0.3) is 0 Å². The van der Waals surface area contributed by atoms with Crippen molar-refractivity contribution in [3.8, 4) is 0 Å². The zero-order chi connectivity index (χ0) is 13.5. The summed E-state index contributed by atoms with van der Waals surface area (Å²) in [6.07, 6.45) is 4.85. The van der Waals surface area contributed by atoms with Gasteiger partial charge in [-0.15, -0.1) is 0 Å². The van der Waals surface area contributed by atoms with Gasteiger partial charge in [-0.3, -0.25) is 4.79 Å². The Kier molecular flexibility index (Phi) is 6.69. The third-order valence-electron chi connectivity index (χ3n) is 4.32. The maximum Gasteiger partial charge on any atom is 0.233 e. The molecule has 3 nitrogen and oxygen atoms in total. The van der Waals surface area contributed by atoms with Crippen molar-refractivity contribution in [2.24, 2.45) is 17.8 Å². The second-order valence-electron chi connectivity index (χ2n) is 6.12. The van der Waals surface area contributed by atoms with E-state index in [0.29, 0.717) is 24.4 Å². The van der Waals surface area contributed by atoms with Crippen molar-refractivity contribution in [1.82, 2.24) is 10.6 Å². The molecule has 0 aromatic carbocycles. The Morgan fingerprint density at radius 3 is 2.61 bits per heavy atom. The fourth-order valence-corrected chi connectivity index (χ4v) is 2.90. The average Bonchev–Trinajstić information content (AvgIpc) is 2.67. The molecule has 1 rings (SSSR count). The van der Waals surface area contributed by atoms with Crippen molar-refractivity contribution < 1.29 is 4.79 Å². The molecule has 0 bridgehead atoms. The van der Waals surface area contributed by atoms with E-state index in [-0.39, 0.29) is 5.91 Å². The smallest absolute Gasteiger partial charge is 0.233 e. The minimum absolute atomic E-state index is 0.141. The highest BCUT2D eigenvalue weighted by Gasteiger charge is 2.31. The van der Waals surface area contributed by atoms with E-state index >= 15 is 0 Å². The van der Waals surface area contributed by atoms with E-state index in [0.717, 1.165) is 18.9 Å². The zero-order valence-corrected chi connectivity index (χ0v) is 12.5. The third kappa shape index (κ3) is 4.97. The van der Waals surface area contributed by atoms with Gasteiger partial charge >= 0.3 is 0 Å². The van der Waals surface area contributed by atoms with Gasteiger partial charge in [0.2, 0.25) is 5.91 Å². The van der Waals surface area contributed by atoms with Crippen LogP contribution >= 0.6 is 0 Å². The first-order valence-corrected chi connectivity index (χ1v) is 7.54. The molecule has 1 amide bonds. The van der Waals surface area contributed by atoms with Crippen LogP contribution in [0.1, 0.15) is 53.4 Å². The Morgan fingerprint density at radius 1 is 1.33 bits per heavy atom. The van der Waals surface area contributed by atoms with Crippen molar-refractivity contribution in [2.45, 2.75) is 59.4 Å². The van der Waals surface area contributed by atoms with Crippen LogP contribution in [0.5, 0.6) is 0 Å². The molecule has 1 aliphatic carbocycles. The molecule has 18 heavy (non-hydrogen) atoms. The molecule has 3 heteroatoms. The summed E-state index contributed by atoms with van der Waals surface area (Å²) in [6, 6.07) is 0.533. The summed E-state index contributed by atoms with van der Waals surface area (Å²) in [7, 11) is 0. The minimum atomic E-state index is 0.141. The highest BCUT2D eigenvalue weighted by Crippen LogP contribution is 2.33. The number of carbonyl (C=O) groups is 1. The van der Waals surface area contributed by atoms with Crippen molar-refractivity contribution in [2.75, 3.05) is 13.1 Å². The molecular weight excluding hydrogens is 224 g/mol. The number of amides is 1. The van der Waals surface area contributed by atoms with Gasteiger partial charge in [-0.25, -0.2) is 0 Å². The number of nitrogens with one attached hydrogen (secondary N) is 2. The van der Waals surface area contributed by atoms with E-state index in [1.807, 2.05) is 0 Å². The second kappa shape index (κ2) is 7.78. The van der Waals surface area contributed by atoms with Crippen LogP contribution in [-0.2, 0) is 4.79 Å². The summed E-state index contributed by atoms with van der Waals surface area (Å²) in [5, 5.41) is 6.40. The van der Waals surface area contributed by atoms with Gasteiger partial charge in [-0.1, -0.05) is 34.1 Å². The molecule has 1 saturated carbocycles. The second-order valence-corrected chi connectivity index (χ2v) is 6.12. The Bertz CT molecular complexity index is 253. The van der Waals surface area contributed by atoms with Crippen LogP contribution in [0.25, 0.3) is 0 Å². The topological polar surface area (TPSA) is 41.1 Å². The van der Waals surface area contributed by atoms with Crippen molar-refractivity contribution in [3.63, 3.8) is 0 Å². The molecule has 0 aliphatic heterocycles. The Balaban J connectivity index is 2.15. The van der Waals surface area contributed by atoms with Gasteiger partial charge in [-0.05, 0) is 37.0 Å². The summed E-state index contributed by atoms with van der Waals surface area (Å²) in [5.41, 5.74) is 0. The van der Waals surface area contributed by atoms with Gasteiger partial charge < -0.3 is 10.6 Å². The molecule has 0 aromatic rings. The van der Waals surface area contributed by atoms with E-state index in [1.165, 1.54) is 19.3 Å². The standard InChI is InChI=1S/C15H30N2O/c1-5-13-6-7-14(12(13)4)17-10-15(18)16-9-8-11(2)3/h11-14,17H,5-10H2,1-4H3,(H,16,18). The van der Waals surface area contributed by atoms with Crippen LogP contribution in [-0.4, -0.2) is 25.0 Å². The molecule has 2 N–H and O–H groups in total. The lowest BCUT2D eigenvalue weighted by Gasteiger charge is -2.20. The number of rotatable bonds is 7. The molecule has 0 saturated heterocycles. The van der Waals surface area contributed by atoms with Gasteiger partial charge in [0.05, 0.1) is 6.54 Å². The fourth-order valence-electron chi connectivity index (χ4n) is 2.90. The first kappa shape index (κ1) is 15.5. The minimum Gasteiger partial charge on any atom is -0.355 e. The van der Waals surface area contributed by atoms with Crippen LogP contribution in [0.3, 0.4) is 0 Å². The molecule has 1 fully saturated rings. The summed E-state index contributed by atoms with van der Waals surface area (Å²) in [6.45, 7) is 10.2. The van der Waals surface area contributed by atoms with E-state index in [9.17, 15) is 4.79 Å². The van der Waals surface area contributed by atoms with Crippen LogP contribution in [0.2, 0.25) is 0 Å². The van der Waals surface area contributed by atoms with E-state index in [4.69, 9.17) is 0 Å². The SMILES string of the molecule is CCC1CCC(NCC(=O)NCCC(C)C)C1C. The summed E-state index contributed by atoms with van der Waals surface area (Å²) < 4.78 is 0. The van der Waals surface area contributed by atoms with Gasteiger partial charge in [0.1, 0.15) is 0 Å². The predicted octanol–water partition coefficient (Wildman–Crippen LogP) is 2.56. The average molecular weight is 254 g/mol. The van der Waals surface area contributed by atoms with Crippen LogP contribution in [0, 0.1) is 17.8 Å². The van der Waals surface area contributed by atoms with Gasteiger partial charge in [-0.2, -0.15) is 0 Å². The maximum absolute atomic E-state index is 11.7. The molecule has 1 aliphatic rings. The highest BCUT2D eigenvalue weighted by molar-refractivity contribution is 5.77. The Morgan fingerprint density at radius 2 is 2.06 bits per heavy atom. The lowest BCUT2D eigenvalue weighted by molar-refractivity contribution is -0.120. The summed E-state index contributed by atoms with van der Waals surface area (Å²) in [5.74, 6) is 2.34. The van der Waals surface area contributed by atoms with E-state index in [1.54, 1.807) is 0 Å². The lowest BCUT2D eigenvalue weighted by Crippen LogP contribution is -2.41. The fraction of sp³-hybridized carbons (Fsp3) is 0.933.